The lowest BCUT2D eigenvalue weighted by molar-refractivity contribution is -0.187. The van der Waals surface area contributed by atoms with Gasteiger partial charge in [0.15, 0.2) is 5.79 Å². The molecule has 0 aromatic heterocycles. The van der Waals surface area contributed by atoms with Crippen LogP contribution in [0.5, 0.6) is 0 Å². The zero-order valence-corrected chi connectivity index (χ0v) is 12.0. The first kappa shape index (κ1) is 14.7. The molecule has 0 unspecified atom stereocenters. The van der Waals surface area contributed by atoms with Gasteiger partial charge in [-0.05, 0) is 14.1 Å². The SMILES string of the molecule is CN(C)CCNCC(=O)N1CCC2(CC1)OCCO2. The monoisotopic (exact) mass is 271 g/mol. The van der Waals surface area contributed by atoms with Crippen LogP contribution in [0.1, 0.15) is 12.8 Å². The molecule has 2 aliphatic heterocycles. The first-order valence-corrected chi connectivity index (χ1v) is 7.02. The first-order chi connectivity index (χ1) is 9.11. The summed E-state index contributed by atoms with van der Waals surface area (Å²) in [6.07, 6.45) is 1.58. The van der Waals surface area contributed by atoms with E-state index in [-0.39, 0.29) is 5.91 Å². The van der Waals surface area contributed by atoms with Crippen molar-refractivity contribution in [3.8, 4) is 0 Å². The summed E-state index contributed by atoms with van der Waals surface area (Å²) in [5, 5.41) is 3.18. The number of likely N-dealkylation sites (N-methyl/N-ethyl adjacent to an activating group) is 1. The molecule has 0 bridgehead atoms. The molecule has 0 saturated carbocycles. The Labute approximate surface area is 115 Å². The van der Waals surface area contributed by atoms with Crippen LogP contribution >= 0.6 is 0 Å². The highest BCUT2D eigenvalue weighted by atomic mass is 16.7. The topological polar surface area (TPSA) is 54.0 Å². The third kappa shape index (κ3) is 4.14. The highest BCUT2D eigenvalue weighted by Crippen LogP contribution is 2.31. The first-order valence-electron chi connectivity index (χ1n) is 7.02. The van der Waals surface area contributed by atoms with E-state index in [0.717, 1.165) is 39.0 Å². The average molecular weight is 271 g/mol. The van der Waals surface area contributed by atoms with Gasteiger partial charge in [-0.1, -0.05) is 0 Å². The minimum atomic E-state index is -0.394. The molecule has 6 nitrogen and oxygen atoms in total. The molecule has 110 valence electrons. The van der Waals surface area contributed by atoms with Gasteiger partial charge in [0, 0.05) is 39.0 Å². The molecule has 2 rings (SSSR count). The summed E-state index contributed by atoms with van der Waals surface area (Å²) >= 11 is 0. The van der Waals surface area contributed by atoms with Gasteiger partial charge in [-0.25, -0.2) is 0 Å². The number of rotatable bonds is 5. The summed E-state index contributed by atoms with van der Waals surface area (Å²) < 4.78 is 11.3. The van der Waals surface area contributed by atoms with Crippen molar-refractivity contribution in [2.45, 2.75) is 18.6 Å². The molecule has 6 heteroatoms. The fraction of sp³-hybridized carbons (Fsp3) is 0.923. The summed E-state index contributed by atoms with van der Waals surface area (Å²) in [4.78, 5) is 16.0. The Morgan fingerprint density at radius 3 is 2.47 bits per heavy atom. The Kier molecular flexibility index (Phi) is 5.15. The molecule has 2 aliphatic rings. The van der Waals surface area contributed by atoms with Crippen molar-refractivity contribution in [2.24, 2.45) is 0 Å². The Bertz CT molecular complexity index is 294. The van der Waals surface area contributed by atoms with E-state index in [1.807, 2.05) is 19.0 Å². The van der Waals surface area contributed by atoms with Gasteiger partial charge in [0.2, 0.25) is 5.91 Å². The van der Waals surface area contributed by atoms with Crippen molar-refractivity contribution >= 4 is 5.91 Å². The summed E-state index contributed by atoms with van der Waals surface area (Å²) in [5.74, 6) is -0.221. The Hall–Kier alpha value is -0.690. The van der Waals surface area contributed by atoms with E-state index >= 15 is 0 Å². The molecule has 0 aliphatic carbocycles. The van der Waals surface area contributed by atoms with E-state index in [1.54, 1.807) is 0 Å². The van der Waals surface area contributed by atoms with E-state index in [1.165, 1.54) is 0 Å². The molecule has 0 radical (unpaired) electrons. The minimum Gasteiger partial charge on any atom is -0.347 e. The van der Waals surface area contributed by atoms with Gasteiger partial charge < -0.3 is 24.6 Å². The van der Waals surface area contributed by atoms with E-state index in [0.29, 0.717) is 19.8 Å². The van der Waals surface area contributed by atoms with Gasteiger partial charge in [0.25, 0.3) is 0 Å². The van der Waals surface area contributed by atoms with Gasteiger partial charge in [-0.3, -0.25) is 4.79 Å². The summed E-state index contributed by atoms with van der Waals surface area (Å²) in [6.45, 7) is 5.02. The molecule has 1 amide bonds. The third-order valence-electron chi connectivity index (χ3n) is 3.70. The van der Waals surface area contributed by atoms with E-state index in [9.17, 15) is 4.79 Å². The Morgan fingerprint density at radius 2 is 1.89 bits per heavy atom. The van der Waals surface area contributed by atoms with Crippen molar-refractivity contribution in [1.82, 2.24) is 15.1 Å². The van der Waals surface area contributed by atoms with Crippen molar-refractivity contribution in [3.63, 3.8) is 0 Å². The van der Waals surface area contributed by atoms with Crippen LogP contribution in [0.25, 0.3) is 0 Å². The fourth-order valence-corrected chi connectivity index (χ4v) is 2.49. The van der Waals surface area contributed by atoms with Crippen LogP contribution in [0.4, 0.5) is 0 Å². The highest BCUT2D eigenvalue weighted by molar-refractivity contribution is 5.78. The van der Waals surface area contributed by atoms with Gasteiger partial charge in [-0.15, -0.1) is 0 Å². The summed E-state index contributed by atoms with van der Waals surface area (Å²) in [6, 6.07) is 0. The van der Waals surface area contributed by atoms with E-state index in [2.05, 4.69) is 10.2 Å². The van der Waals surface area contributed by atoms with Crippen molar-refractivity contribution < 1.29 is 14.3 Å². The Morgan fingerprint density at radius 1 is 1.26 bits per heavy atom. The van der Waals surface area contributed by atoms with Crippen LogP contribution in [0.15, 0.2) is 0 Å². The van der Waals surface area contributed by atoms with Crippen molar-refractivity contribution in [2.75, 3.05) is 60.0 Å². The maximum absolute atomic E-state index is 12.0. The molecular weight excluding hydrogens is 246 g/mol. The average Bonchev–Trinajstić information content (AvgIpc) is 2.83. The van der Waals surface area contributed by atoms with Crippen LogP contribution in [0.2, 0.25) is 0 Å². The normalized spacial score (nSPS) is 22.4. The molecule has 0 aromatic rings. The maximum atomic E-state index is 12.0. The third-order valence-corrected chi connectivity index (χ3v) is 3.70. The minimum absolute atomic E-state index is 0.173. The number of carbonyl (C=O) groups excluding carboxylic acids is 1. The zero-order valence-electron chi connectivity index (χ0n) is 12.0. The predicted molar refractivity (Wildman–Crippen MR) is 71.9 cm³/mol. The number of nitrogens with zero attached hydrogens (tertiary/aromatic N) is 2. The Balaban J connectivity index is 1.65. The number of carbonyl (C=O) groups is 1. The van der Waals surface area contributed by atoms with Crippen molar-refractivity contribution in [3.05, 3.63) is 0 Å². The molecule has 1 N–H and O–H groups in total. The number of ether oxygens (including phenoxy) is 2. The van der Waals surface area contributed by atoms with Crippen LogP contribution in [0, 0.1) is 0 Å². The summed E-state index contributed by atoms with van der Waals surface area (Å²) in [7, 11) is 4.05. The molecule has 0 atom stereocenters. The predicted octanol–water partition coefficient (Wildman–Crippen LogP) is -0.497. The lowest BCUT2D eigenvalue weighted by Crippen LogP contribution is -2.49. The number of nitrogens with one attached hydrogen (secondary N) is 1. The molecule has 0 aromatic carbocycles. The van der Waals surface area contributed by atoms with Crippen LogP contribution in [-0.2, 0) is 14.3 Å². The molecule has 1 spiro atoms. The van der Waals surface area contributed by atoms with Gasteiger partial charge in [0.05, 0.1) is 19.8 Å². The van der Waals surface area contributed by atoms with E-state index < -0.39 is 5.79 Å². The van der Waals surface area contributed by atoms with Gasteiger partial charge in [0.1, 0.15) is 0 Å². The lowest BCUT2D eigenvalue weighted by Gasteiger charge is -2.37. The number of likely N-dealkylation sites (tertiary alicyclic amines) is 1. The smallest absolute Gasteiger partial charge is 0.236 e. The lowest BCUT2D eigenvalue weighted by atomic mass is 10.0. The highest BCUT2D eigenvalue weighted by Gasteiger charge is 2.40. The van der Waals surface area contributed by atoms with Crippen LogP contribution in [-0.4, -0.2) is 81.5 Å². The quantitative estimate of drug-likeness (QED) is 0.684. The number of piperidine rings is 1. The summed E-state index contributed by atoms with van der Waals surface area (Å²) in [5.41, 5.74) is 0. The fourth-order valence-electron chi connectivity index (χ4n) is 2.49. The van der Waals surface area contributed by atoms with Crippen LogP contribution in [0.3, 0.4) is 0 Å². The molecule has 2 fully saturated rings. The molecular formula is C13H25N3O3. The standard InChI is InChI=1S/C13H25N3O3/c1-15(2)8-5-14-11-12(17)16-6-3-13(4-7-16)18-9-10-19-13/h14H,3-11H2,1-2H3. The molecule has 19 heavy (non-hydrogen) atoms. The maximum Gasteiger partial charge on any atom is 0.236 e. The molecule has 2 saturated heterocycles. The van der Waals surface area contributed by atoms with E-state index in [4.69, 9.17) is 9.47 Å². The number of hydrogen-bond acceptors (Lipinski definition) is 5. The van der Waals surface area contributed by atoms with Gasteiger partial charge >= 0.3 is 0 Å². The number of amides is 1. The zero-order chi connectivity index (χ0) is 13.7. The van der Waals surface area contributed by atoms with Crippen LogP contribution < -0.4 is 5.32 Å². The number of hydrogen-bond donors (Lipinski definition) is 1. The van der Waals surface area contributed by atoms with Crippen molar-refractivity contribution in [1.29, 1.82) is 0 Å². The molecule has 2 heterocycles. The second-order valence-corrected chi connectivity index (χ2v) is 5.47. The largest absolute Gasteiger partial charge is 0.347 e. The second kappa shape index (κ2) is 6.65. The second-order valence-electron chi connectivity index (χ2n) is 5.47. The van der Waals surface area contributed by atoms with Gasteiger partial charge in [-0.2, -0.15) is 0 Å².